The predicted molar refractivity (Wildman–Crippen MR) is 128 cm³/mol. The number of para-hydroxylation sites is 2. The normalized spacial score (nSPS) is 17.0. The fourth-order valence-electron chi connectivity index (χ4n) is 4.44. The van der Waals surface area contributed by atoms with Crippen LogP contribution >= 0.6 is 0 Å². The number of amides is 3. The molecule has 2 heterocycles. The van der Waals surface area contributed by atoms with Crippen LogP contribution in [0.15, 0.2) is 48.5 Å². The topological polar surface area (TPSA) is 67.9 Å². The number of rotatable bonds is 7. The van der Waals surface area contributed by atoms with E-state index in [9.17, 15) is 9.59 Å². The van der Waals surface area contributed by atoms with Crippen LogP contribution in [-0.2, 0) is 17.9 Å². The highest BCUT2D eigenvalue weighted by atomic mass is 16.2. The van der Waals surface area contributed by atoms with Gasteiger partial charge in [-0.25, -0.2) is 4.79 Å². The molecule has 0 radical (unpaired) electrons. The van der Waals surface area contributed by atoms with Crippen LogP contribution in [0.4, 0.5) is 16.2 Å². The lowest BCUT2D eigenvalue weighted by Gasteiger charge is -2.36. The Kier molecular flexibility index (Phi) is 7.27. The molecular formula is C25H33N5O2. The quantitative estimate of drug-likeness (QED) is 0.701. The lowest BCUT2D eigenvalue weighted by Crippen LogP contribution is -2.46. The van der Waals surface area contributed by atoms with Crippen molar-refractivity contribution < 1.29 is 9.59 Å². The van der Waals surface area contributed by atoms with Gasteiger partial charge in [0.1, 0.15) is 0 Å². The Morgan fingerprint density at radius 2 is 1.75 bits per heavy atom. The molecule has 2 aromatic carbocycles. The number of carbonyl (C=O) groups is 2. The number of likely N-dealkylation sites (tertiary alicyclic amines) is 1. The van der Waals surface area contributed by atoms with Crippen molar-refractivity contribution >= 4 is 23.3 Å². The van der Waals surface area contributed by atoms with E-state index >= 15 is 0 Å². The van der Waals surface area contributed by atoms with Gasteiger partial charge in [-0.1, -0.05) is 43.3 Å². The molecule has 0 spiro atoms. The molecule has 0 bridgehead atoms. The van der Waals surface area contributed by atoms with Crippen molar-refractivity contribution in [3.8, 4) is 0 Å². The molecule has 0 atom stereocenters. The number of carbonyl (C=O) groups excluding carboxylic acids is 2. The number of nitrogens with one attached hydrogen (secondary N) is 2. The van der Waals surface area contributed by atoms with E-state index in [0.717, 1.165) is 68.2 Å². The van der Waals surface area contributed by atoms with Crippen molar-refractivity contribution in [1.29, 1.82) is 0 Å². The van der Waals surface area contributed by atoms with Gasteiger partial charge in [0.15, 0.2) is 0 Å². The molecule has 2 saturated heterocycles. The Labute approximate surface area is 190 Å². The summed E-state index contributed by atoms with van der Waals surface area (Å²) in [6.07, 6.45) is 1.59. The number of piperazine rings is 1. The monoisotopic (exact) mass is 435 g/mol. The maximum Gasteiger partial charge on any atom is 0.319 e. The number of likely N-dealkylation sites (N-methyl/N-ethyl adjacent to an activating group) is 1. The molecule has 2 fully saturated rings. The first-order valence-corrected chi connectivity index (χ1v) is 11.6. The van der Waals surface area contributed by atoms with Gasteiger partial charge in [-0.2, -0.15) is 0 Å². The summed E-state index contributed by atoms with van der Waals surface area (Å²) in [7, 11) is 0. The molecule has 0 aliphatic carbocycles. The summed E-state index contributed by atoms with van der Waals surface area (Å²) in [4.78, 5) is 31.2. The van der Waals surface area contributed by atoms with Crippen LogP contribution in [0.25, 0.3) is 0 Å². The summed E-state index contributed by atoms with van der Waals surface area (Å²) in [6.45, 7) is 9.16. The maximum absolute atomic E-state index is 12.6. The predicted octanol–water partition coefficient (Wildman–Crippen LogP) is 3.27. The van der Waals surface area contributed by atoms with E-state index in [1.54, 1.807) is 0 Å². The summed E-state index contributed by atoms with van der Waals surface area (Å²) in [6, 6.07) is 15.8. The molecule has 2 aliphatic rings. The minimum Gasteiger partial charge on any atom is -0.367 e. The number of urea groups is 1. The van der Waals surface area contributed by atoms with Crippen molar-refractivity contribution in [3.05, 3.63) is 59.7 Å². The number of nitrogens with zero attached hydrogens (tertiary/aromatic N) is 3. The summed E-state index contributed by atoms with van der Waals surface area (Å²) in [5.74, 6) is 0.225. The van der Waals surface area contributed by atoms with E-state index in [4.69, 9.17) is 0 Å². The Balaban J connectivity index is 1.32. The molecule has 7 heteroatoms. The summed E-state index contributed by atoms with van der Waals surface area (Å²) in [5, 5.41) is 5.99. The molecule has 170 valence electrons. The van der Waals surface area contributed by atoms with Gasteiger partial charge in [-0.05, 0) is 36.2 Å². The first-order chi connectivity index (χ1) is 15.6. The van der Waals surface area contributed by atoms with Crippen LogP contribution < -0.4 is 15.5 Å². The van der Waals surface area contributed by atoms with Gasteiger partial charge in [0.05, 0.1) is 11.4 Å². The van der Waals surface area contributed by atoms with Crippen LogP contribution in [0.1, 0.15) is 30.9 Å². The largest absolute Gasteiger partial charge is 0.367 e. The maximum atomic E-state index is 12.6. The zero-order valence-corrected chi connectivity index (χ0v) is 18.8. The molecular weight excluding hydrogens is 402 g/mol. The van der Waals surface area contributed by atoms with Gasteiger partial charge < -0.3 is 25.3 Å². The molecule has 0 saturated carbocycles. The smallest absolute Gasteiger partial charge is 0.319 e. The van der Waals surface area contributed by atoms with E-state index in [2.05, 4.69) is 39.5 Å². The van der Waals surface area contributed by atoms with E-state index < -0.39 is 0 Å². The number of hydrogen-bond acceptors (Lipinski definition) is 4. The van der Waals surface area contributed by atoms with Crippen LogP contribution in [0.2, 0.25) is 0 Å². The van der Waals surface area contributed by atoms with Gasteiger partial charge in [0.2, 0.25) is 5.91 Å². The van der Waals surface area contributed by atoms with Crippen LogP contribution in [0, 0.1) is 0 Å². The molecule has 2 aliphatic heterocycles. The highest BCUT2D eigenvalue weighted by Crippen LogP contribution is 2.26. The molecule has 7 nitrogen and oxygen atoms in total. The highest BCUT2D eigenvalue weighted by molar-refractivity contribution is 5.93. The van der Waals surface area contributed by atoms with Gasteiger partial charge in [-0.15, -0.1) is 0 Å². The Hall–Kier alpha value is -3.06. The average Bonchev–Trinajstić information content (AvgIpc) is 3.22. The summed E-state index contributed by atoms with van der Waals surface area (Å²) in [5.41, 5.74) is 4.01. The Bertz CT molecular complexity index is 939. The summed E-state index contributed by atoms with van der Waals surface area (Å²) >= 11 is 0. The van der Waals surface area contributed by atoms with Crippen molar-refractivity contribution in [2.24, 2.45) is 0 Å². The van der Waals surface area contributed by atoms with Crippen molar-refractivity contribution in [1.82, 2.24) is 15.1 Å². The molecule has 32 heavy (non-hydrogen) atoms. The highest BCUT2D eigenvalue weighted by Gasteiger charge is 2.20. The first-order valence-electron chi connectivity index (χ1n) is 11.6. The third-order valence-electron chi connectivity index (χ3n) is 6.30. The zero-order chi connectivity index (χ0) is 22.3. The fourth-order valence-corrected chi connectivity index (χ4v) is 4.44. The first kappa shape index (κ1) is 22.1. The fraction of sp³-hybridized carbons (Fsp3) is 0.440. The van der Waals surface area contributed by atoms with Gasteiger partial charge in [0, 0.05) is 52.2 Å². The minimum absolute atomic E-state index is 0.218. The average molecular weight is 436 g/mol. The van der Waals surface area contributed by atoms with E-state index in [1.165, 1.54) is 0 Å². The molecule has 2 N–H and O–H groups in total. The number of hydrogen-bond donors (Lipinski definition) is 2. The van der Waals surface area contributed by atoms with Gasteiger partial charge in [0.25, 0.3) is 0 Å². The van der Waals surface area contributed by atoms with Gasteiger partial charge in [-0.3, -0.25) is 4.79 Å². The van der Waals surface area contributed by atoms with Crippen LogP contribution in [-0.4, -0.2) is 61.0 Å². The molecule has 3 amide bonds. The van der Waals surface area contributed by atoms with E-state index in [0.29, 0.717) is 19.5 Å². The van der Waals surface area contributed by atoms with Crippen LogP contribution in [0.3, 0.4) is 0 Å². The molecule has 0 aromatic heterocycles. The van der Waals surface area contributed by atoms with Crippen LogP contribution in [0.5, 0.6) is 0 Å². The molecule has 4 rings (SSSR count). The zero-order valence-electron chi connectivity index (χ0n) is 18.8. The summed E-state index contributed by atoms with van der Waals surface area (Å²) < 4.78 is 0. The third kappa shape index (κ3) is 5.59. The second kappa shape index (κ2) is 10.5. The SMILES string of the molecule is CCN1CCN(c2ccccc2NC(=O)NCc2cccc(CN3CCCC3=O)c2)CC1. The lowest BCUT2D eigenvalue weighted by atomic mass is 10.1. The van der Waals surface area contributed by atoms with Crippen molar-refractivity contribution in [2.75, 3.05) is 49.5 Å². The molecule has 0 unspecified atom stereocenters. The second-order valence-corrected chi connectivity index (χ2v) is 8.48. The standard InChI is InChI=1S/C25H33N5O2/c1-2-28-13-15-29(16-14-28)23-10-4-3-9-22(23)27-25(32)26-18-20-7-5-8-21(17-20)19-30-12-6-11-24(30)31/h3-5,7-10,17H,2,6,11-16,18-19H2,1H3,(H2,26,27,32). The minimum atomic E-state index is -0.218. The Morgan fingerprint density at radius 3 is 2.50 bits per heavy atom. The number of anilines is 2. The number of benzene rings is 2. The van der Waals surface area contributed by atoms with Crippen molar-refractivity contribution in [3.63, 3.8) is 0 Å². The second-order valence-electron chi connectivity index (χ2n) is 8.48. The van der Waals surface area contributed by atoms with Crippen molar-refractivity contribution in [2.45, 2.75) is 32.9 Å². The van der Waals surface area contributed by atoms with Gasteiger partial charge >= 0.3 is 6.03 Å². The van der Waals surface area contributed by atoms with E-state index in [-0.39, 0.29) is 11.9 Å². The Morgan fingerprint density at radius 1 is 0.969 bits per heavy atom. The third-order valence-corrected chi connectivity index (χ3v) is 6.30. The lowest BCUT2D eigenvalue weighted by molar-refractivity contribution is -0.128. The molecule has 2 aromatic rings. The van der Waals surface area contributed by atoms with E-state index in [1.807, 2.05) is 41.3 Å².